The average molecular weight is 370 g/mol. The van der Waals surface area contributed by atoms with Gasteiger partial charge in [-0.1, -0.05) is 25.7 Å². The summed E-state index contributed by atoms with van der Waals surface area (Å²) in [6.45, 7) is 0. The molecule has 3 unspecified atom stereocenters. The lowest BCUT2D eigenvalue weighted by molar-refractivity contribution is -0.122. The van der Waals surface area contributed by atoms with Crippen molar-refractivity contribution in [2.24, 2.45) is 23.5 Å². The van der Waals surface area contributed by atoms with Crippen LogP contribution in [0.1, 0.15) is 61.9 Å². The summed E-state index contributed by atoms with van der Waals surface area (Å²) >= 11 is 1.63. The smallest absolute Gasteiger partial charge is 0.229 e. The zero-order valence-corrected chi connectivity index (χ0v) is 15.8. The van der Waals surface area contributed by atoms with Crippen LogP contribution in [0.15, 0.2) is 0 Å². The third-order valence-corrected chi connectivity index (χ3v) is 7.15. The Bertz CT molecular complexity index is 591. The highest BCUT2D eigenvalue weighted by Gasteiger charge is 2.35. The largest absolute Gasteiger partial charge is 0.327 e. The SMILES string of the molecule is Cl.N[C@H]1CCc2nc(NC(=O)C3CCC4CCCCC4C3)sc2C1. The van der Waals surface area contributed by atoms with Crippen LogP contribution in [0.5, 0.6) is 0 Å². The summed E-state index contributed by atoms with van der Waals surface area (Å²) in [7, 11) is 0. The van der Waals surface area contributed by atoms with Crippen LogP contribution in [0.2, 0.25) is 0 Å². The normalized spacial score (nSPS) is 32.2. The molecule has 0 aromatic carbocycles. The van der Waals surface area contributed by atoms with Crippen LogP contribution in [0.3, 0.4) is 0 Å². The summed E-state index contributed by atoms with van der Waals surface area (Å²) < 4.78 is 0. The molecular formula is C18H28ClN3OS. The van der Waals surface area contributed by atoms with Crippen molar-refractivity contribution in [3.8, 4) is 0 Å². The Kier molecular flexibility index (Phi) is 5.83. The van der Waals surface area contributed by atoms with E-state index in [9.17, 15) is 4.79 Å². The molecule has 2 saturated carbocycles. The van der Waals surface area contributed by atoms with E-state index in [4.69, 9.17) is 5.73 Å². The first-order valence-corrected chi connectivity index (χ1v) is 10.1. The minimum atomic E-state index is 0. The Morgan fingerprint density at radius 2 is 1.92 bits per heavy atom. The molecule has 0 aliphatic heterocycles. The highest BCUT2D eigenvalue weighted by Crippen LogP contribution is 2.43. The molecule has 134 valence electrons. The summed E-state index contributed by atoms with van der Waals surface area (Å²) in [5, 5.41) is 3.90. The van der Waals surface area contributed by atoms with Crippen molar-refractivity contribution in [3.05, 3.63) is 10.6 Å². The summed E-state index contributed by atoms with van der Waals surface area (Å²) in [5.74, 6) is 2.07. The van der Waals surface area contributed by atoms with Crippen molar-refractivity contribution in [2.45, 2.75) is 70.3 Å². The molecule has 2 fully saturated rings. The molecule has 0 spiro atoms. The van der Waals surface area contributed by atoms with Crippen LogP contribution in [0.4, 0.5) is 5.13 Å². The van der Waals surface area contributed by atoms with Gasteiger partial charge in [0.2, 0.25) is 5.91 Å². The highest BCUT2D eigenvalue weighted by atomic mass is 35.5. The minimum Gasteiger partial charge on any atom is -0.327 e. The number of thiazole rings is 1. The molecule has 4 nitrogen and oxygen atoms in total. The lowest BCUT2D eigenvalue weighted by atomic mass is 9.67. The first-order valence-electron chi connectivity index (χ1n) is 9.24. The monoisotopic (exact) mass is 369 g/mol. The van der Waals surface area contributed by atoms with E-state index in [2.05, 4.69) is 10.3 Å². The third kappa shape index (κ3) is 3.78. The van der Waals surface area contributed by atoms with Crippen molar-refractivity contribution in [1.29, 1.82) is 0 Å². The van der Waals surface area contributed by atoms with E-state index in [1.54, 1.807) is 11.3 Å². The predicted molar refractivity (Wildman–Crippen MR) is 101 cm³/mol. The van der Waals surface area contributed by atoms with E-state index >= 15 is 0 Å². The van der Waals surface area contributed by atoms with Gasteiger partial charge in [0, 0.05) is 16.8 Å². The number of halogens is 1. The Balaban J connectivity index is 0.00000169. The molecule has 4 atom stereocenters. The number of carbonyl (C=O) groups excluding carboxylic acids is 1. The number of nitrogens with zero attached hydrogens (tertiary/aromatic N) is 1. The number of nitrogens with two attached hydrogens (primary N) is 1. The Morgan fingerprint density at radius 1 is 1.12 bits per heavy atom. The van der Waals surface area contributed by atoms with Crippen molar-refractivity contribution in [2.75, 3.05) is 5.32 Å². The first-order chi connectivity index (χ1) is 11.2. The maximum absolute atomic E-state index is 12.7. The van der Waals surface area contributed by atoms with Gasteiger partial charge in [0.25, 0.3) is 0 Å². The molecule has 24 heavy (non-hydrogen) atoms. The van der Waals surface area contributed by atoms with Crippen LogP contribution in [-0.4, -0.2) is 16.9 Å². The van der Waals surface area contributed by atoms with Crippen LogP contribution >= 0.6 is 23.7 Å². The van der Waals surface area contributed by atoms with Gasteiger partial charge < -0.3 is 11.1 Å². The fourth-order valence-corrected chi connectivity index (χ4v) is 5.88. The van der Waals surface area contributed by atoms with Gasteiger partial charge in [-0.15, -0.1) is 23.7 Å². The zero-order chi connectivity index (χ0) is 15.8. The second kappa shape index (κ2) is 7.71. The minimum absolute atomic E-state index is 0. The molecule has 3 aliphatic rings. The molecule has 0 saturated heterocycles. The number of rotatable bonds is 2. The van der Waals surface area contributed by atoms with Gasteiger partial charge >= 0.3 is 0 Å². The molecule has 1 aromatic heterocycles. The van der Waals surface area contributed by atoms with E-state index in [-0.39, 0.29) is 30.3 Å². The van der Waals surface area contributed by atoms with Crippen LogP contribution in [0.25, 0.3) is 0 Å². The van der Waals surface area contributed by atoms with Gasteiger partial charge in [0.05, 0.1) is 5.69 Å². The van der Waals surface area contributed by atoms with Crippen LogP contribution < -0.4 is 11.1 Å². The quantitative estimate of drug-likeness (QED) is 0.829. The van der Waals surface area contributed by atoms with Crippen LogP contribution in [0, 0.1) is 17.8 Å². The van der Waals surface area contributed by atoms with Crippen molar-refractivity contribution in [3.63, 3.8) is 0 Å². The van der Waals surface area contributed by atoms with Gasteiger partial charge in [-0.25, -0.2) is 4.98 Å². The molecule has 1 heterocycles. The number of aryl methyl sites for hydroxylation is 1. The number of amides is 1. The number of nitrogens with one attached hydrogen (secondary N) is 1. The van der Waals surface area contributed by atoms with E-state index < -0.39 is 0 Å². The zero-order valence-electron chi connectivity index (χ0n) is 14.1. The van der Waals surface area contributed by atoms with Crippen molar-refractivity contribution in [1.82, 2.24) is 4.98 Å². The predicted octanol–water partition coefficient (Wildman–Crippen LogP) is 3.93. The number of anilines is 1. The van der Waals surface area contributed by atoms with Gasteiger partial charge in [0.15, 0.2) is 5.13 Å². The Morgan fingerprint density at radius 3 is 2.75 bits per heavy atom. The van der Waals surface area contributed by atoms with Gasteiger partial charge in [-0.3, -0.25) is 4.79 Å². The number of hydrogen-bond acceptors (Lipinski definition) is 4. The molecule has 0 bridgehead atoms. The molecule has 1 aromatic rings. The lowest BCUT2D eigenvalue weighted by Crippen LogP contribution is -2.33. The topological polar surface area (TPSA) is 68.0 Å². The summed E-state index contributed by atoms with van der Waals surface area (Å²) in [6.07, 6.45) is 11.7. The average Bonchev–Trinajstić information content (AvgIpc) is 2.95. The second-order valence-electron chi connectivity index (χ2n) is 7.70. The maximum Gasteiger partial charge on any atom is 0.229 e. The maximum atomic E-state index is 12.7. The summed E-state index contributed by atoms with van der Waals surface area (Å²) in [6, 6.07) is 0.257. The van der Waals surface area contributed by atoms with Crippen LogP contribution in [-0.2, 0) is 17.6 Å². The third-order valence-electron chi connectivity index (χ3n) is 6.12. The number of hydrogen-bond donors (Lipinski definition) is 2. The molecule has 0 radical (unpaired) electrons. The van der Waals surface area contributed by atoms with E-state index in [0.29, 0.717) is 0 Å². The van der Waals surface area contributed by atoms with Crippen molar-refractivity contribution < 1.29 is 4.79 Å². The standard InChI is InChI=1S/C18H27N3OS.ClH/c19-14-7-8-15-16(10-14)23-18(20-15)21-17(22)13-6-5-11-3-1-2-4-12(11)9-13;/h11-14H,1-10,19H2,(H,20,21,22);1H/t11?,12?,13?,14-;/m0./s1. The molecule has 3 N–H and O–H groups in total. The summed E-state index contributed by atoms with van der Waals surface area (Å²) in [5.41, 5.74) is 7.19. The molecular weight excluding hydrogens is 342 g/mol. The number of carbonyl (C=O) groups is 1. The highest BCUT2D eigenvalue weighted by molar-refractivity contribution is 7.15. The molecule has 1 amide bonds. The van der Waals surface area contributed by atoms with E-state index in [1.807, 2.05) is 0 Å². The summed E-state index contributed by atoms with van der Waals surface area (Å²) in [4.78, 5) is 18.6. The molecule has 3 aliphatic carbocycles. The lowest BCUT2D eigenvalue weighted by Gasteiger charge is -2.38. The van der Waals surface area contributed by atoms with E-state index in [1.165, 1.54) is 37.0 Å². The fraction of sp³-hybridized carbons (Fsp3) is 0.778. The number of aromatic nitrogens is 1. The van der Waals surface area contributed by atoms with Gasteiger partial charge in [-0.05, 0) is 50.4 Å². The first kappa shape index (κ1) is 18.2. The Hall–Kier alpha value is -0.650. The van der Waals surface area contributed by atoms with Crippen molar-refractivity contribution >= 4 is 34.8 Å². The van der Waals surface area contributed by atoms with Gasteiger partial charge in [0.1, 0.15) is 0 Å². The Labute approximate surface area is 154 Å². The number of fused-ring (bicyclic) bond motifs is 2. The van der Waals surface area contributed by atoms with Gasteiger partial charge in [-0.2, -0.15) is 0 Å². The fourth-order valence-electron chi connectivity index (χ4n) is 4.77. The molecule has 6 heteroatoms. The second-order valence-corrected chi connectivity index (χ2v) is 8.78. The molecule has 4 rings (SSSR count). The van der Waals surface area contributed by atoms with E-state index in [0.717, 1.165) is 54.8 Å².